The number of rotatable bonds is 1. The van der Waals surface area contributed by atoms with Gasteiger partial charge in [0.25, 0.3) is 16.6 Å². The lowest BCUT2D eigenvalue weighted by Crippen LogP contribution is -2.46. The number of aromatic amines is 1. The van der Waals surface area contributed by atoms with Gasteiger partial charge in [-0.15, -0.1) is 0 Å². The lowest BCUT2D eigenvalue weighted by atomic mass is 11.4. The Hall–Kier alpha value is -1.02. The molecule has 0 unspecified atom stereocenters. The predicted octanol–water partition coefficient (Wildman–Crippen LogP) is -2.60. The van der Waals surface area contributed by atoms with E-state index < -0.39 is 10.3 Å². The number of nitrogens with zero attached hydrogens (tertiary/aromatic N) is 3. The van der Waals surface area contributed by atoms with Gasteiger partial charge in [0, 0.05) is 4.20 Å². The lowest BCUT2D eigenvalue weighted by molar-refractivity contribution is -0.647. The molecule has 0 spiro atoms. The summed E-state index contributed by atoms with van der Waals surface area (Å²) in [5, 5.41) is 8.01. The lowest BCUT2D eigenvalue weighted by Gasteiger charge is -1.93. The molecule has 1 aromatic rings. The van der Waals surface area contributed by atoms with E-state index in [4.69, 9.17) is 0 Å². The molecule has 0 atom stereocenters. The fourth-order valence-electron chi connectivity index (χ4n) is 0.281. The van der Waals surface area contributed by atoms with E-state index >= 15 is 0 Å². The number of aromatic nitrogens is 4. The van der Waals surface area contributed by atoms with Crippen molar-refractivity contribution < 1.29 is 17.2 Å². The summed E-state index contributed by atoms with van der Waals surface area (Å²) in [7, 11) is -4.52. The molecule has 0 saturated heterocycles. The summed E-state index contributed by atoms with van der Waals surface area (Å²) < 4.78 is 30.0. The Labute approximate surface area is 50.2 Å². The molecule has 1 N–H and O–H groups in total. The first kappa shape index (κ1) is 6.11. The fraction of sp³-hybridized carbons (Fsp3) is 0. The smallest absolute Gasteiger partial charge is 0.299 e. The SMILES string of the molecule is O=S(=O)([O-])[n+]1ncn[nH]1. The van der Waals surface area contributed by atoms with Crippen molar-refractivity contribution in [3.63, 3.8) is 0 Å². The highest BCUT2D eigenvalue weighted by atomic mass is 32.2. The monoisotopic (exact) mass is 150 g/mol. The quantitative estimate of drug-likeness (QED) is 0.349. The van der Waals surface area contributed by atoms with E-state index in [-0.39, 0.29) is 4.20 Å². The van der Waals surface area contributed by atoms with Crippen molar-refractivity contribution in [1.82, 2.24) is 15.4 Å². The maximum atomic E-state index is 9.97. The molecule has 7 nitrogen and oxygen atoms in total. The normalized spacial score (nSPS) is 11.7. The first-order valence-electron chi connectivity index (χ1n) is 1.85. The van der Waals surface area contributed by atoms with Gasteiger partial charge in [-0.2, -0.15) is 8.42 Å². The van der Waals surface area contributed by atoms with E-state index in [2.05, 4.69) is 10.2 Å². The molecule has 50 valence electrons. The summed E-state index contributed by atoms with van der Waals surface area (Å²) >= 11 is 0. The molecular weight excluding hydrogens is 148 g/mol. The van der Waals surface area contributed by atoms with Crippen LogP contribution >= 0.6 is 0 Å². The second-order valence-corrected chi connectivity index (χ2v) is 2.36. The van der Waals surface area contributed by atoms with Crippen molar-refractivity contribution >= 4 is 10.3 Å². The van der Waals surface area contributed by atoms with E-state index in [0.717, 1.165) is 6.33 Å². The summed E-state index contributed by atoms with van der Waals surface area (Å²) in [6.07, 6.45) is 0.912. The Kier molecular flexibility index (Phi) is 1.18. The van der Waals surface area contributed by atoms with Gasteiger partial charge in [0.1, 0.15) is 0 Å². The summed E-state index contributed by atoms with van der Waals surface area (Å²) in [5.41, 5.74) is 0. The summed E-state index contributed by atoms with van der Waals surface area (Å²) in [6, 6.07) is 0. The van der Waals surface area contributed by atoms with Crippen LogP contribution in [0.25, 0.3) is 0 Å². The first-order chi connectivity index (χ1) is 4.11. The molecule has 0 fully saturated rings. The minimum Gasteiger partial charge on any atom is -0.710 e. The molecule has 0 saturated carbocycles. The van der Waals surface area contributed by atoms with Gasteiger partial charge in [0.15, 0.2) is 0 Å². The molecule has 0 amide bonds. The molecule has 0 aliphatic rings. The number of hydrogen-bond acceptors (Lipinski definition) is 5. The predicted molar refractivity (Wildman–Crippen MR) is 21.7 cm³/mol. The summed E-state index contributed by atoms with van der Waals surface area (Å²) in [5.74, 6) is 0. The number of tetrazole rings is 1. The van der Waals surface area contributed by atoms with E-state index in [1.165, 1.54) is 0 Å². The number of hydrogen-bond donors (Lipinski definition) is 1. The maximum absolute atomic E-state index is 9.97. The first-order valence-corrected chi connectivity index (χ1v) is 3.21. The van der Waals surface area contributed by atoms with Crippen molar-refractivity contribution in [2.45, 2.75) is 0 Å². The maximum Gasteiger partial charge on any atom is 0.299 e. The van der Waals surface area contributed by atoms with Crippen LogP contribution in [0.1, 0.15) is 0 Å². The van der Waals surface area contributed by atoms with Crippen LogP contribution in [-0.2, 0) is 10.3 Å². The molecule has 0 aromatic carbocycles. The van der Waals surface area contributed by atoms with Gasteiger partial charge in [-0.1, -0.05) is 0 Å². The zero-order valence-corrected chi connectivity index (χ0v) is 4.87. The van der Waals surface area contributed by atoms with Gasteiger partial charge in [0.05, 0.1) is 5.10 Å². The average Bonchev–Trinajstić information content (AvgIpc) is 2.08. The van der Waals surface area contributed by atoms with Crippen LogP contribution in [0.2, 0.25) is 0 Å². The van der Waals surface area contributed by atoms with Crippen LogP contribution in [0.4, 0.5) is 0 Å². The molecule has 0 aliphatic carbocycles. The zero-order chi connectivity index (χ0) is 6.91. The molecule has 1 aromatic heterocycles. The highest BCUT2D eigenvalue weighted by Gasteiger charge is 2.05. The van der Waals surface area contributed by atoms with Crippen molar-refractivity contribution in [2.75, 3.05) is 0 Å². The van der Waals surface area contributed by atoms with Crippen LogP contribution in [0, 0.1) is 0 Å². The van der Waals surface area contributed by atoms with Gasteiger partial charge in [0.2, 0.25) is 0 Å². The van der Waals surface area contributed by atoms with E-state index in [9.17, 15) is 13.0 Å². The van der Waals surface area contributed by atoms with Crippen LogP contribution < -0.4 is 4.20 Å². The minimum atomic E-state index is -4.52. The summed E-state index contributed by atoms with van der Waals surface area (Å²) in [6.45, 7) is 0. The van der Waals surface area contributed by atoms with Gasteiger partial charge in [-0.25, -0.2) is 0 Å². The highest BCUT2D eigenvalue weighted by molar-refractivity contribution is 7.78. The third kappa shape index (κ3) is 1.21. The molecule has 0 bridgehead atoms. The van der Waals surface area contributed by atoms with Crippen molar-refractivity contribution in [3.8, 4) is 0 Å². The largest absolute Gasteiger partial charge is 0.710 e. The number of H-pyrrole nitrogens is 1. The fourth-order valence-corrected chi connectivity index (χ4v) is 0.586. The van der Waals surface area contributed by atoms with Crippen LogP contribution in [-0.4, -0.2) is 28.4 Å². The van der Waals surface area contributed by atoms with E-state index in [0.29, 0.717) is 0 Å². The average molecular weight is 150 g/mol. The zero-order valence-electron chi connectivity index (χ0n) is 4.05. The van der Waals surface area contributed by atoms with Gasteiger partial charge >= 0.3 is 0 Å². The third-order valence-electron chi connectivity index (χ3n) is 0.569. The second kappa shape index (κ2) is 1.74. The molecule has 1 heterocycles. The number of nitrogens with one attached hydrogen (secondary N) is 1. The molecule has 9 heavy (non-hydrogen) atoms. The van der Waals surface area contributed by atoms with Gasteiger partial charge in [-0.3, -0.25) is 0 Å². The molecule has 8 heteroatoms. The van der Waals surface area contributed by atoms with Crippen molar-refractivity contribution in [1.29, 1.82) is 0 Å². The summed E-state index contributed by atoms with van der Waals surface area (Å²) in [4.78, 5) is 0. The Bertz CT molecular complexity index is 273. The standard InChI is InChI=1S/CH2N4O3S/c6-9(7,8)5-3-1-2-4-5/h1H,(H,6,7,8). The second-order valence-electron chi connectivity index (χ2n) is 1.16. The van der Waals surface area contributed by atoms with Crippen LogP contribution in [0.15, 0.2) is 6.33 Å². The Morgan fingerprint density at radius 1 is 1.67 bits per heavy atom. The Morgan fingerprint density at radius 2 is 2.33 bits per heavy atom. The minimum absolute atomic E-state index is 0.118. The Morgan fingerprint density at radius 3 is 2.56 bits per heavy atom. The van der Waals surface area contributed by atoms with Gasteiger partial charge in [-0.05, 0) is 10.3 Å². The van der Waals surface area contributed by atoms with Crippen molar-refractivity contribution in [2.24, 2.45) is 0 Å². The van der Waals surface area contributed by atoms with E-state index in [1.54, 1.807) is 0 Å². The van der Waals surface area contributed by atoms with Crippen molar-refractivity contribution in [3.05, 3.63) is 6.33 Å². The molecule has 0 radical (unpaired) electrons. The Balaban J connectivity index is 3.20. The topological polar surface area (TPSA) is 103 Å². The molecule has 0 aliphatic heterocycles. The van der Waals surface area contributed by atoms with E-state index in [1.807, 2.05) is 5.21 Å². The third-order valence-corrected chi connectivity index (χ3v) is 1.17. The highest BCUT2D eigenvalue weighted by Crippen LogP contribution is 1.63. The molecule has 1 rings (SSSR count). The van der Waals surface area contributed by atoms with Gasteiger partial charge < -0.3 is 4.55 Å². The molecular formula is CH2N4O3S. The van der Waals surface area contributed by atoms with Crippen LogP contribution in [0.5, 0.6) is 0 Å². The van der Waals surface area contributed by atoms with Crippen LogP contribution in [0.3, 0.4) is 0 Å².